The topological polar surface area (TPSA) is 16.3 Å². The number of rotatable bonds is 4. The fourth-order valence-electron chi connectivity index (χ4n) is 14.1. The summed E-state index contributed by atoms with van der Waals surface area (Å²) in [4.78, 5) is 3.85. The Labute approximate surface area is 536 Å². The van der Waals surface area contributed by atoms with Crippen LogP contribution in [0, 0.1) is 0 Å². The van der Waals surface area contributed by atoms with Crippen LogP contribution in [0.1, 0.15) is 204 Å². The fraction of sp³-hybridized carbons (Fsp3) is 0.359. The zero-order chi connectivity index (χ0) is 73.5. The van der Waals surface area contributed by atoms with Gasteiger partial charge < -0.3 is 9.47 Å². The second kappa shape index (κ2) is 17.9. The SMILES string of the molecule is [2H]c1c([2H])c(C(C)(C)C)c([2H])c([2H])c1N1c2c([2H])c(-n3c4ccccc4c4c5ccccc5sc43)c([2H])c3c2B(c2sc4c([2H])c5c(c([2H])c4c21)C(C)(C)CCC5(C)C)c1c2c(n(-c4c([2H])c([2H])c(C(C)(C)C)c([2H])c4[2H])c1N3c1c([2H])c([2H])c(C(C)(C)C)c([2H])c1[2H])C(C)(C)CCC2(C)C. The average molecular weight is 1170 g/mol. The van der Waals surface area contributed by atoms with Gasteiger partial charge in [0, 0.05) is 75.3 Å². The number of benzene rings is 7. The van der Waals surface area contributed by atoms with E-state index in [2.05, 4.69) is 55.4 Å². The second-order valence-corrected chi connectivity index (χ2v) is 32.3. The molecule has 2 aliphatic heterocycles. The van der Waals surface area contributed by atoms with Gasteiger partial charge in [0.15, 0.2) is 0 Å². The van der Waals surface area contributed by atoms with Crippen LogP contribution in [0.15, 0.2) is 145 Å². The van der Waals surface area contributed by atoms with Crippen LogP contribution in [0.4, 0.5) is 34.3 Å². The van der Waals surface area contributed by atoms with Crippen LogP contribution in [-0.2, 0) is 37.9 Å². The van der Waals surface area contributed by atoms with Crippen molar-refractivity contribution < 1.29 is 21.9 Å². The van der Waals surface area contributed by atoms with Gasteiger partial charge >= 0.3 is 0 Å². The van der Waals surface area contributed by atoms with Gasteiger partial charge in [-0.05, 0) is 175 Å². The van der Waals surface area contributed by atoms with E-state index in [0.29, 0.717) is 78.7 Å². The lowest BCUT2D eigenvalue weighted by atomic mass is 9.35. The minimum absolute atomic E-state index is 0.00633. The number of aromatic nitrogens is 2. The minimum Gasteiger partial charge on any atom is -0.310 e. The van der Waals surface area contributed by atoms with Crippen molar-refractivity contribution in [2.45, 2.75) is 181 Å². The van der Waals surface area contributed by atoms with Gasteiger partial charge in [-0.1, -0.05) is 190 Å². The van der Waals surface area contributed by atoms with Crippen LogP contribution in [0.3, 0.4) is 0 Å². The van der Waals surface area contributed by atoms with Crippen LogP contribution in [0.5, 0.6) is 0 Å². The first-order valence-electron chi connectivity index (χ1n) is 38.2. The molecule has 4 aromatic heterocycles. The molecule has 0 saturated carbocycles. The van der Waals surface area contributed by atoms with Crippen LogP contribution in [-0.4, -0.2) is 15.8 Å². The summed E-state index contributed by atoms with van der Waals surface area (Å²) < 4.78 is 175. The molecule has 0 amide bonds. The normalized spacial score (nSPS) is 20.2. The van der Waals surface area contributed by atoms with Gasteiger partial charge in [-0.25, -0.2) is 0 Å². The minimum atomic E-state index is -1.20. The van der Waals surface area contributed by atoms with E-state index < -0.39 is 68.8 Å². The van der Waals surface area contributed by atoms with E-state index >= 15 is 0 Å². The lowest BCUT2D eigenvalue weighted by Gasteiger charge is -2.44. The van der Waals surface area contributed by atoms with Crippen LogP contribution < -0.4 is 25.5 Å². The van der Waals surface area contributed by atoms with Gasteiger partial charge in [0.1, 0.15) is 10.6 Å². The smallest absolute Gasteiger partial charge is 0.267 e. The highest BCUT2D eigenvalue weighted by Crippen LogP contribution is 2.57. The summed E-state index contributed by atoms with van der Waals surface area (Å²) in [6, 6.07) is 10.8. The third-order valence-electron chi connectivity index (χ3n) is 19.1. The summed E-state index contributed by atoms with van der Waals surface area (Å²) in [7, 11) is 0. The van der Waals surface area contributed by atoms with Gasteiger partial charge in [0.2, 0.25) is 0 Å². The highest BCUT2D eigenvalue weighted by Gasteiger charge is 2.54. The number of anilines is 6. The van der Waals surface area contributed by atoms with Gasteiger partial charge in [0.25, 0.3) is 6.71 Å². The van der Waals surface area contributed by atoms with E-state index in [9.17, 15) is 21.9 Å². The Morgan fingerprint density at radius 1 is 0.459 bits per heavy atom. The first-order valence-corrected chi connectivity index (χ1v) is 31.8. The zero-order valence-electron chi connectivity index (χ0n) is 68.1. The molecule has 0 bridgehead atoms. The standard InChI is InChI=1S/C78H83BN4S2/c1-72(2,3)46-26-32-49(33-27-46)80-59-42-52(82-58-24-20-18-22-53(58)63-54-23-19-21-25-61(54)85-71(63)82)43-60-65(59)79(69-67(80)55-44-56-57(45-62(55)84-69)76(12,13)39-38-75(56,10)11)66-64-68(78(16,17)41-40-77(64,14)15)83(51-36-30-48(31-37-51)74(7,8)9)70(66)81(60)50-34-28-47(29-35-50)73(4,5)6/h18-37,42-45H,38-41H2,1-17H3/i26D,27D,28D,29D,30D,31D,32D,33D,34D,35D,36D,37D,42D,43D,44D,45D. The molecule has 0 unspecified atom stereocenters. The van der Waals surface area contributed by atoms with Gasteiger partial charge in [0.05, 0.1) is 38.8 Å². The van der Waals surface area contributed by atoms with Crippen molar-refractivity contribution in [2.75, 3.05) is 9.80 Å². The molecule has 0 fully saturated rings. The Kier molecular flexibility index (Phi) is 8.39. The summed E-state index contributed by atoms with van der Waals surface area (Å²) in [6.07, 6.45) is 2.49. The highest BCUT2D eigenvalue weighted by atomic mass is 32.1. The Balaban J connectivity index is 1.29. The average Bonchev–Trinajstić information content (AvgIpc) is 1.53. The van der Waals surface area contributed by atoms with Gasteiger partial charge in [-0.2, -0.15) is 0 Å². The van der Waals surface area contributed by atoms with Crippen molar-refractivity contribution in [1.29, 1.82) is 0 Å². The molecule has 4 nitrogen and oxygen atoms in total. The Morgan fingerprint density at radius 3 is 1.54 bits per heavy atom. The Hall–Kier alpha value is -6.80. The summed E-state index contributed by atoms with van der Waals surface area (Å²) in [6.45, 7) is 32.1. The van der Waals surface area contributed by atoms with Gasteiger partial charge in [-0.15, -0.1) is 22.7 Å². The molecule has 7 heteroatoms. The largest absolute Gasteiger partial charge is 0.310 e. The first kappa shape index (κ1) is 39.8. The lowest BCUT2D eigenvalue weighted by molar-refractivity contribution is 0.324. The molecule has 4 aliphatic rings. The number of hydrogen-bond acceptors (Lipinski definition) is 4. The molecule has 15 rings (SSSR count). The van der Waals surface area contributed by atoms with E-state index in [4.69, 9.17) is 0 Å². The molecule has 0 saturated heterocycles. The predicted octanol–water partition coefficient (Wildman–Crippen LogP) is 20.7. The van der Waals surface area contributed by atoms with E-state index in [0.717, 1.165) is 20.9 Å². The quantitative estimate of drug-likeness (QED) is 0.163. The molecule has 0 atom stereocenters. The molecule has 0 radical (unpaired) electrons. The number of nitrogens with zero attached hydrogens (tertiary/aromatic N) is 4. The van der Waals surface area contributed by atoms with Crippen molar-refractivity contribution >= 4 is 121 Å². The second-order valence-electron chi connectivity index (χ2n) is 30.2. The molecule has 0 N–H and O–H groups in total. The van der Waals surface area contributed by atoms with E-state index in [1.165, 1.54) is 22.7 Å². The predicted molar refractivity (Wildman–Crippen MR) is 372 cm³/mol. The van der Waals surface area contributed by atoms with Crippen molar-refractivity contribution in [1.82, 2.24) is 9.13 Å². The summed E-state index contributed by atoms with van der Waals surface area (Å²) >= 11 is 2.72. The maximum Gasteiger partial charge on any atom is 0.267 e. The summed E-state index contributed by atoms with van der Waals surface area (Å²) in [5.41, 5.74) is -1.96. The molecule has 0 spiro atoms. The number of hydrogen-bond donors (Lipinski definition) is 0. The number of fused-ring (bicyclic) bond motifs is 14. The maximum atomic E-state index is 11.7. The first-order chi connectivity index (χ1) is 46.8. The van der Waals surface area contributed by atoms with E-state index in [-0.39, 0.29) is 140 Å². The number of thiophene rings is 2. The lowest BCUT2D eigenvalue weighted by Crippen LogP contribution is -2.62. The molecule has 85 heavy (non-hydrogen) atoms. The molecule has 7 aromatic carbocycles. The molecular weight excluding hydrogens is 1070 g/mol. The van der Waals surface area contributed by atoms with Crippen LogP contribution >= 0.6 is 22.7 Å². The van der Waals surface area contributed by atoms with E-state index in [1.54, 1.807) is 14.4 Å². The molecule has 11 aromatic rings. The third-order valence-corrected chi connectivity index (χ3v) is 21.4. The number of para-hydroxylation sites is 1. The molecule has 2 aliphatic carbocycles. The van der Waals surface area contributed by atoms with Gasteiger partial charge in [-0.3, -0.25) is 9.47 Å². The zero-order valence-corrected chi connectivity index (χ0v) is 53.8. The Bertz CT molecular complexity index is 5520. The molecule has 6 heterocycles. The third kappa shape index (κ3) is 8.03. The van der Waals surface area contributed by atoms with E-state index in [1.807, 2.05) is 115 Å². The van der Waals surface area contributed by atoms with Crippen molar-refractivity contribution in [3.8, 4) is 11.4 Å². The van der Waals surface area contributed by atoms with Crippen molar-refractivity contribution in [3.05, 3.63) is 184 Å². The fourth-order valence-corrected chi connectivity index (χ4v) is 16.6. The monoisotopic (exact) mass is 1170 g/mol. The Morgan fingerprint density at radius 2 is 0.953 bits per heavy atom. The van der Waals surface area contributed by atoms with Crippen LogP contribution in [0.2, 0.25) is 0 Å². The van der Waals surface area contributed by atoms with Crippen LogP contribution in [0.25, 0.3) is 52.7 Å². The summed E-state index contributed by atoms with van der Waals surface area (Å²) in [5, 5.41) is 2.85. The summed E-state index contributed by atoms with van der Waals surface area (Å²) in [5.74, 6) is 0.117. The molecule has 430 valence electrons. The van der Waals surface area contributed by atoms with Crippen molar-refractivity contribution in [2.24, 2.45) is 0 Å². The molecular formula is C78H83BN4S2. The highest BCUT2D eigenvalue weighted by molar-refractivity contribution is 7.34. The maximum absolute atomic E-state index is 11.7. The van der Waals surface area contributed by atoms with Crippen molar-refractivity contribution in [3.63, 3.8) is 0 Å².